The van der Waals surface area contributed by atoms with Crippen LogP contribution in [0.4, 0.5) is 0 Å². The van der Waals surface area contributed by atoms with Gasteiger partial charge in [-0.3, -0.25) is 4.79 Å². The molecule has 160 valence electrons. The summed E-state index contributed by atoms with van der Waals surface area (Å²) in [6.07, 6.45) is -0.653. The molecule has 5 nitrogen and oxygen atoms in total. The summed E-state index contributed by atoms with van der Waals surface area (Å²) in [5.41, 5.74) is 5.41. The summed E-state index contributed by atoms with van der Waals surface area (Å²) in [5.74, 6) is 1.07. The van der Waals surface area contributed by atoms with Gasteiger partial charge in [0, 0.05) is 23.1 Å². The minimum absolute atomic E-state index is 0.189. The van der Waals surface area contributed by atoms with Crippen molar-refractivity contribution in [1.82, 2.24) is 10.3 Å². The van der Waals surface area contributed by atoms with Crippen molar-refractivity contribution in [3.8, 4) is 33.3 Å². The zero-order valence-electron chi connectivity index (χ0n) is 17.6. The molecule has 0 radical (unpaired) electrons. The molecular formula is C26H22N2O3S. The topological polar surface area (TPSA) is 60.5 Å². The SMILES string of the molecule is Cc1ccc(-c2csc(-c3ccc(CNC(=O)C4COc5ccccc5O4)cc3)n2)cc1. The Hall–Kier alpha value is -3.64. The second-order valence-electron chi connectivity index (χ2n) is 7.68. The summed E-state index contributed by atoms with van der Waals surface area (Å²) in [7, 11) is 0. The molecule has 4 aromatic rings. The number of rotatable bonds is 5. The van der Waals surface area contributed by atoms with Crippen molar-refractivity contribution in [3.05, 3.63) is 89.3 Å². The van der Waals surface area contributed by atoms with Crippen LogP contribution in [-0.4, -0.2) is 23.6 Å². The highest BCUT2D eigenvalue weighted by Crippen LogP contribution is 2.31. The number of fused-ring (bicyclic) bond motifs is 1. The Labute approximate surface area is 190 Å². The summed E-state index contributed by atoms with van der Waals surface area (Å²) in [5, 5.41) is 5.99. The second-order valence-corrected chi connectivity index (χ2v) is 8.54. The van der Waals surface area contributed by atoms with Crippen molar-refractivity contribution >= 4 is 17.2 Å². The fourth-order valence-corrected chi connectivity index (χ4v) is 4.32. The smallest absolute Gasteiger partial charge is 0.264 e. The summed E-state index contributed by atoms with van der Waals surface area (Å²) in [4.78, 5) is 17.3. The number of benzene rings is 3. The highest BCUT2D eigenvalue weighted by molar-refractivity contribution is 7.13. The summed E-state index contributed by atoms with van der Waals surface area (Å²) >= 11 is 1.63. The molecule has 0 aliphatic carbocycles. The van der Waals surface area contributed by atoms with Gasteiger partial charge in [-0.2, -0.15) is 0 Å². The number of aryl methyl sites for hydroxylation is 1. The van der Waals surface area contributed by atoms with Crippen LogP contribution in [0, 0.1) is 6.92 Å². The molecule has 32 heavy (non-hydrogen) atoms. The molecule has 0 saturated carbocycles. The van der Waals surface area contributed by atoms with Gasteiger partial charge in [0.2, 0.25) is 6.10 Å². The molecule has 1 amide bonds. The Morgan fingerprint density at radius 3 is 2.50 bits per heavy atom. The molecule has 1 aromatic heterocycles. The van der Waals surface area contributed by atoms with Crippen LogP contribution >= 0.6 is 11.3 Å². The quantitative estimate of drug-likeness (QED) is 0.459. The number of hydrogen-bond donors (Lipinski definition) is 1. The second kappa shape index (κ2) is 8.85. The van der Waals surface area contributed by atoms with E-state index in [4.69, 9.17) is 14.5 Å². The standard InChI is InChI=1S/C26H22N2O3S/c1-17-6-10-19(11-7-17)21-16-32-26(28-21)20-12-8-18(9-13-20)14-27-25(29)24-15-30-22-4-2-3-5-23(22)31-24/h2-13,16,24H,14-15H2,1H3,(H,27,29). The first-order valence-corrected chi connectivity index (χ1v) is 11.3. The normalized spacial score (nSPS) is 14.7. The number of aromatic nitrogens is 1. The third-order valence-corrected chi connectivity index (χ3v) is 6.21. The van der Waals surface area contributed by atoms with E-state index in [0.717, 1.165) is 27.4 Å². The summed E-state index contributed by atoms with van der Waals surface area (Å²) < 4.78 is 11.4. The Morgan fingerprint density at radius 2 is 1.72 bits per heavy atom. The van der Waals surface area contributed by atoms with Crippen molar-refractivity contribution < 1.29 is 14.3 Å². The van der Waals surface area contributed by atoms with E-state index in [1.807, 2.05) is 42.5 Å². The number of nitrogens with one attached hydrogen (secondary N) is 1. The van der Waals surface area contributed by atoms with Crippen LogP contribution in [-0.2, 0) is 11.3 Å². The Morgan fingerprint density at radius 1 is 1.00 bits per heavy atom. The maximum absolute atomic E-state index is 12.5. The molecule has 6 heteroatoms. The minimum atomic E-state index is -0.653. The largest absolute Gasteiger partial charge is 0.485 e. The Kier molecular flexibility index (Phi) is 5.60. The van der Waals surface area contributed by atoms with Gasteiger partial charge in [0.1, 0.15) is 11.6 Å². The molecule has 0 bridgehead atoms. The summed E-state index contributed by atoms with van der Waals surface area (Å²) in [6.45, 7) is 2.71. The summed E-state index contributed by atoms with van der Waals surface area (Å²) in [6, 6.07) is 23.9. The predicted molar refractivity (Wildman–Crippen MR) is 126 cm³/mol. The molecule has 5 rings (SSSR count). The van der Waals surface area contributed by atoms with Gasteiger partial charge in [-0.25, -0.2) is 4.98 Å². The third kappa shape index (κ3) is 4.36. The van der Waals surface area contributed by atoms with E-state index in [-0.39, 0.29) is 12.5 Å². The molecule has 1 unspecified atom stereocenters. The zero-order chi connectivity index (χ0) is 21.9. The molecule has 0 saturated heterocycles. The molecule has 0 fully saturated rings. The molecule has 1 aliphatic heterocycles. The average molecular weight is 443 g/mol. The number of amides is 1. The lowest BCUT2D eigenvalue weighted by molar-refractivity contribution is -0.130. The molecular weight excluding hydrogens is 420 g/mol. The van der Waals surface area contributed by atoms with Gasteiger partial charge >= 0.3 is 0 Å². The van der Waals surface area contributed by atoms with Crippen LogP contribution in [0.1, 0.15) is 11.1 Å². The number of carbonyl (C=O) groups is 1. The number of nitrogens with zero attached hydrogens (tertiary/aromatic N) is 1. The fraction of sp³-hybridized carbons (Fsp3) is 0.154. The van der Waals surface area contributed by atoms with E-state index in [2.05, 4.69) is 41.9 Å². The average Bonchev–Trinajstić information content (AvgIpc) is 3.33. The maximum atomic E-state index is 12.5. The Balaban J connectivity index is 1.19. The van der Waals surface area contributed by atoms with Gasteiger partial charge in [-0.05, 0) is 24.6 Å². The molecule has 1 aliphatic rings. The van der Waals surface area contributed by atoms with Gasteiger partial charge in [-0.1, -0.05) is 66.2 Å². The van der Waals surface area contributed by atoms with Crippen LogP contribution in [0.3, 0.4) is 0 Å². The highest BCUT2D eigenvalue weighted by Gasteiger charge is 2.26. The van der Waals surface area contributed by atoms with E-state index in [0.29, 0.717) is 18.0 Å². The number of para-hydroxylation sites is 2. The molecule has 1 atom stereocenters. The molecule has 1 N–H and O–H groups in total. The lowest BCUT2D eigenvalue weighted by Gasteiger charge is -2.25. The van der Waals surface area contributed by atoms with Crippen LogP contribution in [0.25, 0.3) is 21.8 Å². The predicted octanol–water partition coefficient (Wildman–Crippen LogP) is 5.24. The molecule has 0 spiro atoms. The van der Waals surface area contributed by atoms with E-state index in [1.165, 1.54) is 5.56 Å². The van der Waals surface area contributed by atoms with Gasteiger partial charge in [0.25, 0.3) is 5.91 Å². The first-order valence-electron chi connectivity index (χ1n) is 10.4. The molecule has 3 aromatic carbocycles. The van der Waals surface area contributed by atoms with E-state index >= 15 is 0 Å². The van der Waals surface area contributed by atoms with Crippen molar-refractivity contribution in [2.75, 3.05) is 6.61 Å². The van der Waals surface area contributed by atoms with E-state index < -0.39 is 6.10 Å². The maximum Gasteiger partial charge on any atom is 0.264 e. The third-order valence-electron chi connectivity index (χ3n) is 5.32. The monoisotopic (exact) mass is 442 g/mol. The van der Waals surface area contributed by atoms with Crippen molar-refractivity contribution in [1.29, 1.82) is 0 Å². The number of hydrogen-bond acceptors (Lipinski definition) is 5. The first-order chi connectivity index (χ1) is 15.7. The van der Waals surface area contributed by atoms with Gasteiger partial charge in [-0.15, -0.1) is 11.3 Å². The Bertz CT molecular complexity index is 1230. The van der Waals surface area contributed by atoms with Crippen molar-refractivity contribution in [2.45, 2.75) is 19.6 Å². The van der Waals surface area contributed by atoms with Crippen LogP contribution < -0.4 is 14.8 Å². The first kappa shape index (κ1) is 20.3. The number of thiazole rings is 1. The van der Waals surface area contributed by atoms with Crippen LogP contribution in [0.5, 0.6) is 11.5 Å². The lowest BCUT2D eigenvalue weighted by Crippen LogP contribution is -2.43. The van der Waals surface area contributed by atoms with Crippen molar-refractivity contribution in [2.24, 2.45) is 0 Å². The molecule has 2 heterocycles. The van der Waals surface area contributed by atoms with Crippen LogP contribution in [0.15, 0.2) is 78.2 Å². The van der Waals surface area contributed by atoms with E-state index in [9.17, 15) is 4.79 Å². The lowest BCUT2D eigenvalue weighted by atomic mass is 10.1. The van der Waals surface area contributed by atoms with Gasteiger partial charge in [0.15, 0.2) is 11.5 Å². The van der Waals surface area contributed by atoms with E-state index in [1.54, 1.807) is 17.4 Å². The van der Waals surface area contributed by atoms with Gasteiger partial charge in [0.05, 0.1) is 5.69 Å². The fourth-order valence-electron chi connectivity index (χ4n) is 3.48. The highest BCUT2D eigenvalue weighted by atomic mass is 32.1. The van der Waals surface area contributed by atoms with Crippen LogP contribution in [0.2, 0.25) is 0 Å². The zero-order valence-corrected chi connectivity index (χ0v) is 18.4. The van der Waals surface area contributed by atoms with Gasteiger partial charge < -0.3 is 14.8 Å². The van der Waals surface area contributed by atoms with Crippen molar-refractivity contribution in [3.63, 3.8) is 0 Å². The minimum Gasteiger partial charge on any atom is -0.485 e. The number of carbonyl (C=O) groups excluding carboxylic acids is 1. The number of ether oxygens (including phenoxy) is 2.